The third-order valence-electron chi connectivity index (χ3n) is 2.22. The Kier molecular flexibility index (Phi) is 6.05. The lowest BCUT2D eigenvalue weighted by atomic mass is 10.1. The highest BCUT2D eigenvalue weighted by Gasteiger charge is 2.02. The van der Waals surface area contributed by atoms with E-state index in [1.807, 2.05) is 12.4 Å². The molecule has 0 spiro atoms. The van der Waals surface area contributed by atoms with Crippen molar-refractivity contribution in [2.45, 2.75) is 38.0 Å². The van der Waals surface area contributed by atoms with Gasteiger partial charge in [-0.15, -0.1) is 11.8 Å². The number of carboxylic acid groups (broad SMARTS) is 1. The quantitative estimate of drug-likeness (QED) is 0.598. The number of carboxylic acids is 1. The average molecular weight is 253 g/mol. The highest BCUT2D eigenvalue weighted by atomic mass is 32.2. The molecule has 0 aliphatic carbocycles. The Bertz CT molecular complexity index is 366. The van der Waals surface area contributed by atoms with Gasteiger partial charge in [-0.3, -0.25) is 9.78 Å². The van der Waals surface area contributed by atoms with Crippen LogP contribution in [0.3, 0.4) is 0 Å². The molecule has 1 aromatic rings. The summed E-state index contributed by atoms with van der Waals surface area (Å²) >= 11 is 1.68. The van der Waals surface area contributed by atoms with E-state index >= 15 is 0 Å². The second kappa shape index (κ2) is 7.33. The number of aromatic nitrogens is 1. The summed E-state index contributed by atoms with van der Waals surface area (Å²) in [5.41, 5.74) is 1.25. The molecule has 0 aliphatic heterocycles. The number of thioether (sulfide) groups is 1. The minimum Gasteiger partial charge on any atom is -0.481 e. The molecule has 3 nitrogen and oxygen atoms in total. The number of aliphatic carboxylic acids is 1. The summed E-state index contributed by atoms with van der Waals surface area (Å²) in [5.74, 6) is 0.736. The van der Waals surface area contributed by atoms with E-state index in [0.29, 0.717) is 12.3 Å². The van der Waals surface area contributed by atoms with Gasteiger partial charge in [-0.2, -0.15) is 0 Å². The van der Waals surface area contributed by atoms with Crippen molar-refractivity contribution in [2.24, 2.45) is 5.92 Å². The third-order valence-corrected chi connectivity index (χ3v) is 3.27. The monoisotopic (exact) mass is 253 g/mol. The molecule has 0 saturated carbocycles. The maximum Gasteiger partial charge on any atom is 0.303 e. The summed E-state index contributed by atoms with van der Waals surface area (Å²) < 4.78 is 0. The molecule has 0 amide bonds. The van der Waals surface area contributed by atoms with Crippen LogP contribution in [-0.4, -0.2) is 21.8 Å². The normalized spacial score (nSPS) is 10.8. The van der Waals surface area contributed by atoms with Crippen molar-refractivity contribution >= 4 is 17.7 Å². The summed E-state index contributed by atoms with van der Waals surface area (Å²) in [6.45, 7) is 4.37. The number of rotatable bonds is 7. The van der Waals surface area contributed by atoms with Crippen molar-refractivity contribution in [1.82, 2.24) is 4.98 Å². The van der Waals surface area contributed by atoms with Gasteiger partial charge in [-0.25, -0.2) is 0 Å². The zero-order valence-electron chi connectivity index (χ0n) is 10.3. The van der Waals surface area contributed by atoms with Gasteiger partial charge in [0.1, 0.15) is 0 Å². The number of carbonyl (C=O) groups is 1. The second-order valence-corrected chi connectivity index (χ2v) is 5.64. The number of nitrogens with zero attached hydrogens (tertiary/aromatic N) is 1. The first-order chi connectivity index (χ1) is 8.08. The summed E-state index contributed by atoms with van der Waals surface area (Å²) in [6, 6.07) is 2.15. The molecule has 0 aromatic carbocycles. The second-order valence-electron chi connectivity index (χ2n) is 4.47. The van der Waals surface area contributed by atoms with Crippen LogP contribution in [0.5, 0.6) is 0 Å². The molecule has 1 aromatic heterocycles. The van der Waals surface area contributed by atoms with Crippen molar-refractivity contribution in [2.75, 3.05) is 5.75 Å². The van der Waals surface area contributed by atoms with Gasteiger partial charge in [0.05, 0.1) is 0 Å². The minimum absolute atomic E-state index is 0.242. The van der Waals surface area contributed by atoms with E-state index in [9.17, 15) is 4.79 Å². The molecule has 1 N–H and O–H groups in total. The maximum absolute atomic E-state index is 10.4. The van der Waals surface area contributed by atoms with Crippen LogP contribution in [0.15, 0.2) is 23.4 Å². The Hall–Kier alpha value is -1.03. The zero-order valence-corrected chi connectivity index (χ0v) is 11.2. The largest absolute Gasteiger partial charge is 0.481 e. The topological polar surface area (TPSA) is 50.2 Å². The molecular weight excluding hydrogens is 234 g/mol. The van der Waals surface area contributed by atoms with Gasteiger partial charge in [-0.1, -0.05) is 13.8 Å². The molecule has 4 heteroatoms. The molecule has 0 radical (unpaired) electrons. The van der Waals surface area contributed by atoms with Crippen molar-refractivity contribution in [1.29, 1.82) is 0 Å². The molecular formula is C13H19NO2S. The standard InChI is InChI=1S/C13H19NO2S/c1-10(2)6-11-7-12(9-14-8-11)17-5-3-4-13(15)16/h7-10H,3-6H2,1-2H3,(H,15,16). The fraction of sp³-hybridized carbons (Fsp3) is 0.538. The van der Waals surface area contributed by atoms with Crippen LogP contribution >= 0.6 is 11.8 Å². The Balaban J connectivity index is 2.40. The highest BCUT2D eigenvalue weighted by Crippen LogP contribution is 2.20. The summed E-state index contributed by atoms with van der Waals surface area (Å²) in [4.78, 5) is 15.7. The van der Waals surface area contributed by atoms with E-state index in [-0.39, 0.29) is 6.42 Å². The smallest absolute Gasteiger partial charge is 0.303 e. The molecule has 0 aliphatic rings. The van der Waals surface area contributed by atoms with Crippen molar-refractivity contribution in [3.63, 3.8) is 0 Å². The van der Waals surface area contributed by atoms with Crippen LogP contribution in [0, 0.1) is 5.92 Å². The van der Waals surface area contributed by atoms with E-state index in [4.69, 9.17) is 5.11 Å². The van der Waals surface area contributed by atoms with Crippen LogP contribution in [0.1, 0.15) is 32.3 Å². The fourth-order valence-electron chi connectivity index (χ4n) is 1.54. The molecule has 1 rings (SSSR count). The first-order valence-electron chi connectivity index (χ1n) is 5.86. The van der Waals surface area contributed by atoms with Crippen molar-refractivity contribution in [3.05, 3.63) is 24.0 Å². The van der Waals surface area contributed by atoms with Gasteiger partial charge in [0, 0.05) is 23.7 Å². The number of hydrogen-bond acceptors (Lipinski definition) is 3. The van der Waals surface area contributed by atoms with Crippen molar-refractivity contribution in [3.8, 4) is 0 Å². The first kappa shape index (κ1) is 14.0. The number of pyridine rings is 1. The fourth-order valence-corrected chi connectivity index (χ4v) is 2.43. The van der Waals surface area contributed by atoms with Gasteiger partial charge in [0.2, 0.25) is 0 Å². The molecule has 0 unspecified atom stereocenters. The van der Waals surface area contributed by atoms with Crippen LogP contribution in [0.2, 0.25) is 0 Å². The summed E-state index contributed by atoms with van der Waals surface area (Å²) in [5, 5.41) is 8.53. The van der Waals surface area contributed by atoms with E-state index in [2.05, 4.69) is 24.9 Å². The van der Waals surface area contributed by atoms with Gasteiger partial charge in [-0.05, 0) is 36.1 Å². The zero-order chi connectivity index (χ0) is 12.7. The lowest BCUT2D eigenvalue weighted by molar-refractivity contribution is -0.137. The Labute approximate surface area is 107 Å². The summed E-state index contributed by atoms with van der Waals surface area (Å²) in [7, 11) is 0. The SMILES string of the molecule is CC(C)Cc1cncc(SCCCC(=O)O)c1. The van der Waals surface area contributed by atoms with Crippen molar-refractivity contribution < 1.29 is 9.90 Å². The molecule has 1 heterocycles. The van der Waals surface area contributed by atoms with E-state index in [1.54, 1.807) is 11.8 Å². The van der Waals surface area contributed by atoms with Gasteiger partial charge >= 0.3 is 5.97 Å². The predicted octanol–water partition coefficient (Wildman–Crippen LogP) is 3.24. The lowest BCUT2D eigenvalue weighted by Gasteiger charge is -2.06. The molecule has 0 atom stereocenters. The predicted molar refractivity (Wildman–Crippen MR) is 70.4 cm³/mol. The van der Waals surface area contributed by atoms with E-state index < -0.39 is 5.97 Å². The average Bonchev–Trinajstić information content (AvgIpc) is 2.24. The van der Waals surface area contributed by atoms with E-state index in [0.717, 1.165) is 17.1 Å². The third kappa shape index (κ3) is 6.31. The minimum atomic E-state index is -0.725. The Morgan fingerprint density at radius 1 is 1.47 bits per heavy atom. The van der Waals surface area contributed by atoms with Gasteiger partial charge in [0.15, 0.2) is 0 Å². The highest BCUT2D eigenvalue weighted by molar-refractivity contribution is 7.99. The lowest BCUT2D eigenvalue weighted by Crippen LogP contribution is -1.96. The molecule has 17 heavy (non-hydrogen) atoms. The van der Waals surface area contributed by atoms with Crippen LogP contribution < -0.4 is 0 Å². The van der Waals surface area contributed by atoms with E-state index in [1.165, 1.54) is 5.56 Å². The van der Waals surface area contributed by atoms with Gasteiger partial charge in [0.25, 0.3) is 0 Å². The Morgan fingerprint density at radius 2 is 2.24 bits per heavy atom. The molecule has 0 saturated heterocycles. The summed E-state index contributed by atoms with van der Waals surface area (Å²) in [6.07, 6.45) is 5.73. The first-order valence-corrected chi connectivity index (χ1v) is 6.85. The molecule has 0 fully saturated rings. The van der Waals surface area contributed by atoms with Crippen LogP contribution in [-0.2, 0) is 11.2 Å². The number of hydrogen-bond donors (Lipinski definition) is 1. The van der Waals surface area contributed by atoms with Gasteiger partial charge < -0.3 is 5.11 Å². The van der Waals surface area contributed by atoms with Crippen LogP contribution in [0.25, 0.3) is 0 Å². The van der Waals surface area contributed by atoms with Crippen LogP contribution in [0.4, 0.5) is 0 Å². The maximum atomic E-state index is 10.4. The molecule has 0 bridgehead atoms. The Morgan fingerprint density at radius 3 is 2.88 bits per heavy atom. The molecule has 94 valence electrons.